The van der Waals surface area contributed by atoms with Crippen molar-refractivity contribution in [1.29, 1.82) is 0 Å². The summed E-state index contributed by atoms with van der Waals surface area (Å²) in [5.74, 6) is -1.13. The van der Waals surface area contributed by atoms with Crippen molar-refractivity contribution in [2.24, 2.45) is 17.8 Å². The average Bonchev–Trinajstić information content (AvgIpc) is 3.01. The van der Waals surface area contributed by atoms with Gasteiger partial charge in [-0.25, -0.2) is 0 Å². The van der Waals surface area contributed by atoms with Crippen molar-refractivity contribution in [2.45, 2.75) is 74.0 Å². The van der Waals surface area contributed by atoms with E-state index in [1.54, 1.807) is 14.2 Å². The van der Waals surface area contributed by atoms with E-state index >= 15 is 0 Å². The van der Waals surface area contributed by atoms with Gasteiger partial charge in [-0.15, -0.1) is 11.6 Å². The number of nitrogens with zero attached hydrogens (tertiary/aromatic N) is 1. The van der Waals surface area contributed by atoms with Gasteiger partial charge in [-0.1, -0.05) is 6.92 Å². The maximum absolute atomic E-state index is 13.8. The minimum absolute atomic E-state index is 0.0610. The van der Waals surface area contributed by atoms with E-state index in [1.165, 1.54) is 0 Å². The summed E-state index contributed by atoms with van der Waals surface area (Å²) < 4.78 is 17.6. The molecule has 10 atom stereocenters. The summed E-state index contributed by atoms with van der Waals surface area (Å²) >= 11 is 6.69. The van der Waals surface area contributed by atoms with Crippen LogP contribution in [0.4, 0.5) is 0 Å². The second-order valence-corrected chi connectivity index (χ2v) is 10.4. The van der Waals surface area contributed by atoms with E-state index in [0.717, 1.165) is 25.8 Å². The largest absolute Gasteiger partial charge is 0.380 e. The molecule has 1 spiro atoms. The molecule has 2 heterocycles. The van der Waals surface area contributed by atoms with Gasteiger partial charge in [-0.05, 0) is 33.4 Å². The summed E-state index contributed by atoms with van der Waals surface area (Å²) in [6.45, 7) is 2.91. The zero-order chi connectivity index (χ0) is 21.8. The minimum atomic E-state index is -1.40. The number of hydrogen-bond donors (Lipinski definition) is 1. The summed E-state index contributed by atoms with van der Waals surface area (Å²) in [6, 6.07) is 0.457. The number of nitrogens with one attached hydrogen (secondary N) is 1. The molecule has 4 aliphatic rings. The molecular formula is C22H35ClN2O5. The number of carbonyl (C=O) groups is 2. The third-order valence-electron chi connectivity index (χ3n) is 7.84. The van der Waals surface area contributed by atoms with Crippen LogP contribution in [0.25, 0.3) is 0 Å². The SMILES string of the molecule is COC1CC(OC)C2C(=O)[C@@]3(OC2C1Cl)C(=O)C1CCC(CN(C)C)NC1C[C@H]3C. The van der Waals surface area contributed by atoms with Gasteiger partial charge in [-0.3, -0.25) is 9.59 Å². The van der Waals surface area contributed by atoms with Crippen LogP contribution in [-0.4, -0.2) is 92.7 Å². The van der Waals surface area contributed by atoms with Gasteiger partial charge in [-0.2, -0.15) is 0 Å². The first kappa shape index (κ1) is 22.6. The Hall–Kier alpha value is -0.570. The molecular weight excluding hydrogens is 408 g/mol. The lowest BCUT2D eigenvalue weighted by Gasteiger charge is -2.48. The predicted octanol–water partition coefficient (Wildman–Crippen LogP) is 1.26. The van der Waals surface area contributed by atoms with Crippen LogP contribution in [0.15, 0.2) is 0 Å². The standard InChI is InChI=1S/C22H35ClN2O5/c1-11-8-14-13(7-6-12(24-14)10-25(2)3)20(26)22(11)21(27)17-15(28-4)9-16(29-5)18(23)19(17)30-22/h11-19,24H,6-10H2,1-5H3/t11-,12?,13?,14?,15?,16?,17?,18?,19?,22+/m1/s1. The van der Waals surface area contributed by atoms with Crippen LogP contribution in [0.1, 0.15) is 32.6 Å². The Morgan fingerprint density at radius 1 is 1.13 bits per heavy atom. The molecule has 0 aromatic carbocycles. The van der Waals surface area contributed by atoms with Gasteiger partial charge >= 0.3 is 0 Å². The van der Waals surface area contributed by atoms with Crippen LogP contribution in [0, 0.1) is 17.8 Å². The number of hydrogen-bond acceptors (Lipinski definition) is 7. The highest BCUT2D eigenvalue weighted by Gasteiger charge is 2.69. The topological polar surface area (TPSA) is 77.1 Å². The van der Waals surface area contributed by atoms with Crippen molar-refractivity contribution in [3.8, 4) is 0 Å². The summed E-state index contributed by atoms with van der Waals surface area (Å²) in [5, 5.41) is 3.19. The van der Waals surface area contributed by atoms with Crippen LogP contribution in [0.2, 0.25) is 0 Å². The van der Waals surface area contributed by atoms with Crippen molar-refractivity contribution in [2.75, 3.05) is 34.9 Å². The van der Waals surface area contributed by atoms with E-state index < -0.39 is 23.0 Å². The van der Waals surface area contributed by atoms with Crippen molar-refractivity contribution in [3.05, 3.63) is 0 Å². The highest BCUT2D eigenvalue weighted by molar-refractivity contribution is 6.23. The monoisotopic (exact) mass is 442 g/mol. The van der Waals surface area contributed by atoms with E-state index in [0.29, 0.717) is 12.5 Å². The Labute approximate surface area is 184 Å². The van der Waals surface area contributed by atoms with E-state index in [2.05, 4.69) is 24.3 Å². The molecule has 4 fully saturated rings. The second kappa shape index (κ2) is 8.41. The number of Topliss-reactive ketones (excluding diaryl/α,β-unsaturated/α-hetero) is 2. The average molecular weight is 443 g/mol. The lowest BCUT2D eigenvalue weighted by atomic mass is 9.62. The number of halogens is 1. The Kier molecular flexibility index (Phi) is 6.34. The maximum atomic E-state index is 13.8. The van der Waals surface area contributed by atoms with Crippen LogP contribution < -0.4 is 5.32 Å². The molecule has 0 aromatic rings. The predicted molar refractivity (Wildman–Crippen MR) is 113 cm³/mol. The Bertz CT molecular complexity index is 690. The van der Waals surface area contributed by atoms with Gasteiger partial charge < -0.3 is 24.4 Å². The molecule has 2 aliphatic heterocycles. The highest BCUT2D eigenvalue weighted by Crippen LogP contribution is 2.51. The van der Waals surface area contributed by atoms with Crippen LogP contribution in [-0.2, 0) is 23.8 Å². The number of fused-ring (bicyclic) bond motifs is 2. The van der Waals surface area contributed by atoms with E-state index in [9.17, 15) is 9.59 Å². The number of rotatable bonds is 4. The van der Waals surface area contributed by atoms with Crippen molar-refractivity contribution in [3.63, 3.8) is 0 Å². The van der Waals surface area contributed by atoms with Crippen LogP contribution in [0.5, 0.6) is 0 Å². The molecule has 2 saturated heterocycles. The Morgan fingerprint density at radius 2 is 1.83 bits per heavy atom. The van der Waals surface area contributed by atoms with Gasteiger partial charge in [0, 0.05) is 51.1 Å². The van der Waals surface area contributed by atoms with Crippen molar-refractivity contribution < 1.29 is 23.8 Å². The number of piperidine rings is 1. The summed E-state index contributed by atoms with van der Waals surface area (Å²) in [5.41, 5.74) is -1.40. The Morgan fingerprint density at radius 3 is 2.47 bits per heavy atom. The molecule has 0 aromatic heterocycles. The minimum Gasteiger partial charge on any atom is -0.380 e. The number of ether oxygens (including phenoxy) is 3. The van der Waals surface area contributed by atoms with Gasteiger partial charge in [0.1, 0.15) is 0 Å². The zero-order valence-corrected chi connectivity index (χ0v) is 19.4. The van der Waals surface area contributed by atoms with Crippen molar-refractivity contribution >= 4 is 23.2 Å². The molecule has 2 aliphatic carbocycles. The molecule has 30 heavy (non-hydrogen) atoms. The molecule has 1 N–H and O–H groups in total. The fourth-order valence-electron chi connectivity index (χ4n) is 6.39. The number of alkyl halides is 1. The summed E-state index contributed by atoms with van der Waals surface area (Å²) in [7, 11) is 7.33. The lowest BCUT2D eigenvalue weighted by molar-refractivity contribution is -0.172. The van der Waals surface area contributed by atoms with Gasteiger partial charge in [0.15, 0.2) is 17.2 Å². The van der Waals surface area contributed by atoms with E-state index in [4.69, 9.17) is 25.8 Å². The third-order valence-corrected chi connectivity index (χ3v) is 8.37. The lowest BCUT2D eigenvalue weighted by Crippen LogP contribution is -2.65. The smallest absolute Gasteiger partial charge is 0.188 e. The Balaban J connectivity index is 1.61. The normalized spacial score (nSPS) is 48.8. The van der Waals surface area contributed by atoms with E-state index in [-0.39, 0.29) is 41.7 Å². The molecule has 0 bridgehead atoms. The molecule has 170 valence electrons. The zero-order valence-electron chi connectivity index (χ0n) is 18.6. The molecule has 2 saturated carbocycles. The molecule has 8 heteroatoms. The molecule has 0 radical (unpaired) electrons. The molecule has 8 unspecified atom stereocenters. The van der Waals surface area contributed by atoms with Crippen LogP contribution >= 0.6 is 11.6 Å². The summed E-state index contributed by atoms with van der Waals surface area (Å²) in [6.07, 6.45) is 1.78. The fourth-order valence-corrected chi connectivity index (χ4v) is 6.81. The maximum Gasteiger partial charge on any atom is 0.188 e. The second-order valence-electron chi connectivity index (χ2n) is 9.85. The number of methoxy groups -OCH3 is 2. The first-order chi connectivity index (χ1) is 14.2. The number of carbonyl (C=O) groups excluding carboxylic acids is 2. The van der Waals surface area contributed by atoms with Gasteiger partial charge in [0.25, 0.3) is 0 Å². The summed E-state index contributed by atoms with van der Waals surface area (Å²) in [4.78, 5) is 29.8. The third kappa shape index (κ3) is 3.37. The molecule has 4 rings (SSSR count). The highest BCUT2D eigenvalue weighted by atomic mass is 35.5. The number of ketones is 2. The number of likely N-dealkylation sites (N-methyl/N-ethyl adjacent to an activating group) is 1. The van der Waals surface area contributed by atoms with E-state index in [1.807, 2.05) is 6.92 Å². The van der Waals surface area contributed by atoms with Crippen LogP contribution in [0.3, 0.4) is 0 Å². The quantitative estimate of drug-likeness (QED) is 0.518. The van der Waals surface area contributed by atoms with Gasteiger partial charge in [0.05, 0.1) is 29.6 Å². The van der Waals surface area contributed by atoms with Gasteiger partial charge in [0.2, 0.25) is 0 Å². The fraction of sp³-hybridized carbons (Fsp3) is 0.909. The molecule has 0 amide bonds. The van der Waals surface area contributed by atoms with Crippen molar-refractivity contribution in [1.82, 2.24) is 10.2 Å². The molecule has 7 nitrogen and oxygen atoms in total. The first-order valence-electron chi connectivity index (χ1n) is 11.1. The first-order valence-corrected chi connectivity index (χ1v) is 11.5.